The lowest BCUT2D eigenvalue weighted by atomic mass is 10.0. The van der Waals surface area contributed by atoms with Crippen LogP contribution in [0.1, 0.15) is 27.2 Å². The normalized spacial score (nSPS) is 15.9. The summed E-state index contributed by atoms with van der Waals surface area (Å²) in [5, 5.41) is 11.4. The molecule has 0 N–H and O–H groups in total. The van der Waals surface area contributed by atoms with Crippen molar-refractivity contribution in [2.45, 2.75) is 19.9 Å². The summed E-state index contributed by atoms with van der Waals surface area (Å²) in [4.78, 5) is 40.0. The highest BCUT2D eigenvalue weighted by Crippen LogP contribution is 2.32. The van der Waals surface area contributed by atoms with Crippen LogP contribution in [0.4, 0.5) is 11.6 Å². The van der Waals surface area contributed by atoms with Crippen molar-refractivity contribution in [3.8, 4) is 11.6 Å². The summed E-state index contributed by atoms with van der Waals surface area (Å²) >= 11 is 0. The maximum atomic E-state index is 13.3. The van der Waals surface area contributed by atoms with E-state index in [0.29, 0.717) is 36.1 Å². The number of rotatable bonds is 5. The predicted molar refractivity (Wildman–Crippen MR) is 135 cm³/mol. The molecule has 1 fully saturated rings. The van der Waals surface area contributed by atoms with Crippen molar-refractivity contribution in [1.29, 1.82) is 0 Å². The molecule has 10 nitrogen and oxygen atoms in total. The van der Waals surface area contributed by atoms with Gasteiger partial charge >= 0.3 is 0 Å². The lowest BCUT2D eigenvalue weighted by molar-refractivity contribution is -0.385. The van der Waals surface area contributed by atoms with Gasteiger partial charge in [0.05, 0.1) is 22.7 Å². The van der Waals surface area contributed by atoms with Crippen molar-refractivity contribution in [2.24, 2.45) is 0 Å². The summed E-state index contributed by atoms with van der Waals surface area (Å²) in [5.74, 6) is 1.46. The molecule has 0 atom stereocenters. The highest BCUT2D eigenvalue weighted by molar-refractivity contribution is 5.95. The molecule has 1 amide bonds. The summed E-state index contributed by atoms with van der Waals surface area (Å²) in [6, 6.07) is 14.0. The molecule has 0 radical (unpaired) electrons. The lowest BCUT2D eigenvalue weighted by Crippen LogP contribution is -2.45. The van der Waals surface area contributed by atoms with Gasteiger partial charge in [-0.15, -0.1) is 0 Å². The van der Waals surface area contributed by atoms with Crippen molar-refractivity contribution in [3.63, 3.8) is 0 Å². The highest BCUT2D eigenvalue weighted by Gasteiger charge is 2.29. The fourth-order valence-electron chi connectivity index (χ4n) is 4.50. The van der Waals surface area contributed by atoms with E-state index in [2.05, 4.69) is 16.8 Å². The number of piperazine rings is 1. The molecule has 1 saturated heterocycles. The number of amides is 1. The molecule has 5 rings (SSSR count). The van der Waals surface area contributed by atoms with Crippen molar-refractivity contribution in [1.82, 2.24) is 19.8 Å². The van der Waals surface area contributed by atoms with Crippen LogP contribution in [0.3, 0.4) is 0 Å². The smallest absolute Gasteiger partial charge is 0.273 e. The Balaban J connectivity index is 1.46. The molecule has 3 aromatic rings. The van der Waals surface area contributed by atoms with E-state index in [0.717, 1.165) is 37.4 Å². The van der Waals surface area contributed by atoms with Crippen LogP contribution in [0.5, 0.6) is 11.6 Å². The minimum absolute atomic E-state index is 0.0634. The van der Waals surface area contributed by atoms with Crippen molar-refractivity contribution in [2.75, 3.05) is 44.7 Å². The van der Waals surface area contributed by atoms with Crippen LogP contribution < -0.4 is 9.64 Å². The second-order valence-electron chi connectivity index (χ2n) is 9.19. The van der Waals surface area contributed by atoms with Crippen LogP contribution >= 0.6 is 0 Å². The van der Waals surface area contributed by atoms with Crippen LogP contribution in [0, 0.1) is 17.0 Å². The number of nitrogens with zero attached hydrogens (tertiary/aromatic N) is 6. The second-order valence-corrected chi connectivity index (χ2v) is 9.19. The summed E-state index contributed by atoms with van der Waals surface area (Å²) in [7, 11) is 2.10. The molecule has 0 aliphatic carbocycles. The van der Waals surface area contributed by atoms with Gasteiger partial charge in [-0.25, -0.2) is 4.98 Å². The molecule has 10 heteroatoms. The number of hydrogen-bond donors (Lipinski definition) is 0. The number of benzene rings is 2. The van der Waals surface area contributed by atoms with E-state index >= 15 is 0 Å². The van der Waals surface area contributed by atoms with Crippen LogP contribution in [0.25, 0.3) is 0 Å². The standard InChI is InChI=1S/C26H28N6O4/c1-18-8-9-19(16-23(18)32(34)35)25(33)31-11-10-22-21(17-31)24(36-20-6-4-3-5-7-20)28-26(27-22)30-14-12-29(2)13-15-30/h3-9,16H,10-15,17H2,1-2H3. The summed E-state index contributed by atoms with van der Waals surface area (Å²) in [5.41, 5.74) is 2.37. The number of likely N-dealkylation sites (N-methyl/N-ethyl adjacent to an activating group) is 1. The van der Waals surface area contributed by atoms with Gasteiger partial charge in [0, 0.05) is 56.3 Å². The van der Waals surface area contributed by atoms with Crippen molar-refractivity contribution in [3.05, 3.63) is 81.0 Å². The summed E-state index contributed by atoms with van der Waals surface area (Å²) in [6.45, 7) is 5.90. The van der Waals surface area contributed by atoms with Gasteiger partial charge in [0.1, 0.15) is 5.75 Å². The number of carbonyl (C=O) groups is 1. The molecule has 36 heavy (non-hydrogen) atoms. The Labute approximate surface area is 209 Å². The van der Waals surface area contributed by atoms with E-state index in [1.807, 2.05) is 30.3 Å². The number of aryl methyl sites for hydroxylation is 1. The first kappa shape index (κ1) is 23.7. The van der Waals surface area contributed by atoms with Gasteiger partial charge in [-0.05, 0) is 32.2 Å². The third-order valence-electron chi connectivity index (χ3n) is 6.69. The highest BCUT2D eigenvalue weighted by atomic mass is 16.6. The Morgan fingerprint density at radius 3 is 2.50 bits per heavy atom. The zero-order chi connectivity index (χ0) is 25.2. The van der Waals surface area contributed by atoms with Crippen molar-refractivity contribution >= 4 is 17.5 Å². The molecule has 186 valence electrons. The van der Waals surface area contributed by atoms with Crippen LogP contribution in [-0.2, 0) is 13.0 Å². The number of carbonyl (C=O) groups excluding carboxylic acids is 1. The molecule has 0 spiro atoms. The fraction of sp³-hybridized carbons (Fsp3) is 0.346. The van der Waals surface area contributed by atoms with E-state index in [9.17, 15) is 14.9 Å². The average Bonchev–Trinajstić information content (AvgIpc) is 2.89. The van der Waals surface area contributed by atoms with Gasteiger partial charge in [-0.1, -0.05) is 24.3 Å². The molecule has 0 unspecified atom stereocenters. The van der Waals surface area contributed by atoms with Gasteiger partial charge in [0.15, 0.2) is 0 Å². The number of anilines is 1. The zero-order valence-electron chi connectivity index (χ0n) is 20.4. The third kappa shape index (κ3) is 4.85. The number of nitro benzene ring substituents is 1. The van der Waals surface area contributed by atoms with E-state index < -0.39 is 4.92 Å². The molecule has 3 heterocycles. The number of aromatic nitrogens is 2. The molecular weight excluding hydrogens is 460 g/mol. The molecule has 0 saturated carbocycles. The van der Waals surface area contributed by atoms with Crippen LogP contribution in [-0.4, -0.2) is 70.4 Å². The predicted octanol–water partition coefficient (Wildman–Crippen LogP) is 3.44. The molecule has 2 aliphatic rings. The largest absolute Gasteiger partial charge is 0.438 e. The number of fused-ring (bicyclic) bond motifs is 1. The first-order valence-corrected chi connectivity index (χ1v) is 12.0. The second kappa shape index (κ2) is 9.90. The maximum Gasteiger partial charge on any atom is 0.273 e. The number of nitro groups is 1. The Bertz CT molecular complexity index is 1290. The van der Waals surface area contributed by atoms with Crippen LogP contribution in [0.2, 0.25) is 0 Å². The molecular formula is C26H28N6O4. The monoisotopic (exact) mass is 488 g/mol. The topological polar surface area (TPSA) is 105 Å². The van der Waals surface area contributed by atoms with Crippen molar-refractivity contribution < 1.29 is 14.5 Å². The first-order chi connectivity index (χ1) is 17.4. The van der Waals surface area contributed by atoms with Gasteiger partial charge < -0.3 is 19.4 Å². The Morgan fingerprint density at radius 2 is 1.78 bits per heavy atom. The minimum atomic E-state index is -0.461. The van der Waals surface area contributed by atoms with Gasteiger partial charge in [0.25, 0.3) is 11.6 Å². The maximum absolute atomic E-state index is 13.3. The van der Waals surface area contributed by atoms with E-state index in [-0.39, 0.29) is 23.7 Å². The summed E-state index contributed by atoms with van der Waals surface area (Å²) in [6.07, 6.45) is 0.545. The molecule has 0 bridgehead atoms. The molecule has 1 aromatic heterocycles. The SMILES string of the molecule is Cc1ccc(C(=O)N2CCc3nc(N4CCN(C)CC4)nc(Oc4ccccc4)c3C2)cc1[N+](=O)[O-]. The minimum Gasteiger partial charge on any atom is -0.438 e. The lowest BCUT2D eigenvalue weighted by Gasteiger charge is -2.34. The quantitative estimate of drug-likeness (QED) is 0.397. The molecule has 2 aliphatic heterocycles. The Kier molecular flexibility index (Phi) is 6.51. The van der Waals surface area contributed by atoms with E-state index in [4.69, 9.17) is 14.7 Å². The van der Waals surface area contributed by atoms with Crippen LogP contribution in [0.15, 0.2) is 48.5 Å². The molecule has 2 aromatic carbocycles. The number of para-hydroxylation sites is 1. The average molecular weight is 489 g/mol. The number of hydrogen-bond acceptors (Lipinski definition) is 8. The third-order valence-corrected chi connectivity index (χ3v) is 6.69. The fourth-order valence-corrected chi connectivity index (χ4v) is 4.50. The Morgan fingerprint density at radius 1 is 1.03 bits per heavy atom. The van der Waals surface area contributed by atoms with Gasteiger partial charge in [-0.2, -0.15) is 4.98 Å². The first-order valence-electron chi connectivity index (χ1n) is 12.0. The van der Waals surface area contributed by atoms with E-state index in [1.165, 1.54) is 6.07 Å². The Hall–Kier alpha value is -4.05. The zero-order valence-corrected chi connectivity index (χ0v) is 20.4. The summed E-state index contributed by atoms with van der Waals surface area (Å²) < 4.78 is 6.21. The van der Waals surface area contributed by atoms with Gasteiger partial charge in [0.2, 0.25) is 11.8 Å². The van der Waals surface area contributed by atoms with E-state index in [1.54, 1.807) is 24.0 Å². The number of ether oxygens (including phenoxy) is 1. The van der Waals surface area contributed by atoms with Gasteiger partial charge in [-0.3, -0.25) is 14.9 Å².